The molecule has 0 radical (unpaired) electrons. The first-order valence-electron chi connectivity index (χ1n) is 6.35. The number of piperazine rings is 1. The Hall–Kier alpha value is -1.39. The van der Waals surface area contributed by atoms with Crippen LogP contribution in [0.4, 0.5) is 0 Å². The fourth-order valence-electron chi connectivity index (χ4n) is 2.45. The summed E-state index contributed by atoms with van der Waals surface area (Å²) in [5, 5.41) is 12.4. The van der Waals surface area contributed by atoms with E-state index in [1.165, 1.54) is 11.1 Å². The van der Waals surface area contributed by atoms with Gasteiger partial charge in [-0.1, -0.05) is 29.8 Å². The van der Waals surface area contributed by atoms with Gasteiger partial charge in [-0.2, -0.15) is 0 Å². The molecule has 4 nitrogen and oxygen atoms in total. The molecule has 2 N–H and O–H groups in total. The van der Waals surface area contributed by atoms with E-state index in [0.29, 0.717) is 6.54 Å². The fourth-order valence-corrected chi connectivity index (χ4v) is 2.45. The van der Waals surface area contributed by atoms with Crippen LogP contribution in [0, 0.1) is 6.92 Å². The lowest BCUT2D eigenvalue weighted by Crippen LogP contribution is -2.55. The lowest BCUT2D eigenvalue weighted by molar-refractivity contribution is -0.145. The van der Waals surface area contributed by atoms with Crippen molar-refractivity contribution in [1.82, 2.24) is 10.2 Å². The summed E-state index contributed by atoms with van der Waals surface area (Å²) in [6.07, 6.45) is 0. The first-order chi connectivity index (χ1) is 8.59. The summed E-state index contributed by atoms with van der Waals surface area (Å²) in [7, 11) is 0. The Bertz CT molecular complexity index is 416. The van der Waals surface area contributed by atoms with Crippen LogP contribution < -0.4 is 5.32 Å². The van der Waals surface area contributed by atoms with Gasteiger partial charge in [0.2, 0.25) is 0 Å². The molecule has 0 aromatic heterocycles. The standard InChI is InChI=1S/C14H20N2O2/c1-10-3-5-12(6-4-10)11(2)16-8-7-15-9-13(16)14(17)18/h3-6,11,13,15H,7-9H2,1-2H3,(H,17,18). The quantitative estimate of drug-likeness (QED) is 0.849. The molecular formula is C14H20N2O2. The van der Waals surface area contributed by atoms with Crippen molar-refractivity contribution in [1.29, 1.82) is 0 Å². The number of carbonyl (C=O) groups is 1. The zero-order chi connectivity index (χ0) is 13.1. The maximum atomic E-state index is 11.3. The Morgan fingerprint density at radius 3 is 2.72 bits per heavy atom. The number of hydrogen-bond acceptors (Lipinski definition) is 3. The van der Waals surface area contributed by atoms with Crippen molar-refractivity contribution in [2.75, 3.05) is 19.6 Å². The number of nitrogens with one attached hydrogen (secondary N) is 1. The molecule has 0 spiro atoms. The van der Waals surface area contributed by atoms with Crippen LogP contribution >= 0.6 is 0 Å². The van der Waals surface area contributed by atoms with Crippen LogP contribution in [0.15, 0.2) is 24.3 Å². The Balaban J connectivity index is 2.17. The summed E-state index contributed by atoms with van der Waals surface area (Å²) >= 11 is 0. The van der Waals surface area contributed by atoms with Crippen molar-refractivity contribution in [2.45, 2.75) is 25.9 Å². The Morgan fingerprint density at radius 1 is 1.44 bits per heavy atom. The Kier molecular flexibility index (Phi) is 3.99. The van der Waals surface area contributed by atoms with Crippen molar-refractivity contribution in [3.8, 4) is 0 Å². The highest BCUT2D eigenvalue weighted by molar-refractivity contribution is 5.74. The molecule has 0 aliphatic carbocycles. The normalized spacial score (nSPS) is 22.7. The van der Waals surface area contributed by atoms with E-state index in [1.54, 1.807) is 0 Å². The zero-order valence-corrected chi connectivity index (χ0v) is 10.9. The first-order valence-corrected chi connectivity index (χ1v) is 6.35. The minimum Gasteiger partial charge on any atom is -0.480 e. The monoisotopic (exact) mass is 248 g/mol. The summed E-state index contributed by atoms with van der Waals surface area (Å²) in [6.45, 7) is 6.27. The highest BCUT2D eigenvalue weighted by atomic mass is 16.4. The van der Waals surface area contributed by atoms with Gasteiger partial charge in [-0.05, 0) is 19.4 Å². The Labute approximate surface area is 108 Å². The third-order valence-corrected chi connectivity index (χ3v) is 3.63. The third kappa shape index (κ3) is 2.71. The number of carboxylic acids is 1. The largest absolute Gasteiger partial charge is 0.480 e. The van der Waals surface area contributed by atoms with Gasteiger partial charge in [-0.3, -0.25) is 9.69 Å². The van der Waals surface area contributed by atoms with Crippen LogP contribution in [0.5, 0.6) is 0 Å². The van der Waals surface area contributed by atoms with Crippen molar-refractivity contribution in [3.05, 3.63) is 35.4 Å². The molecule has 0 saturated carbocycles. The highest BCUT2D eigenvalue weighted by Crippen LogP contribution is 2.23. The van der Waals surface area contributed by atoms with Crippen molar-refractivity contribution in [3.63, 3.8) is 0 Å². The number of aryl methyl sites for hydroxylation is 1. The Morgan fingerprint density at radius 2 is 2.11 bits per heavy atom. The first kappa shape index (κ1) is 13.1. The van der Waals surface area contributed by atoms with Crippen LogP contribution in [0.3, 0.4) is 0 Å². The van der Waals surface area contributed by atoms with Crippen LogP contribution in [0.25, 0.3) is 0 Å². The molecule has 0 amide bonds. The molecule has 1 aliphatic heterocycles. The van der Waals surface area contributed by atoms with Gasteiger partial charge in [0.1, 0.15) is 6.04 Å². The molecule has 2 rings (SSSR count). The van der Waals surface area contributed by atoms with Crippen LogP contribution in [0.2, 0.25) is 0 Å². The van der Waals surface area contributed by atoms with Crippen LogP contribution in [-0.4, -0.2) is 41.7 Å². The van der Waals surface area contributed by atoms with Gasteiger partial charge in [0.15, 0.2) is 0 Å². The second-order valence-corrected chi connectivity index (χ2v) is 4.88. The number of rotatable bonds is 3. The summed E-state index contributed by atoms with van der Waals surface area (Å²) in [4.78, 5) is 13.3. The smallest absolute Gasteiger partial charge is 0.322 e. The summed E-state index contributed by atoms with van der Waals surface area (Å²) in [5.41, 5.74) is 2.40. The maximum Gasteiger partial charge on any atom is 0.322 e. The predicted molar refractivity (Wildman–Crippen MR) is 70.6 cm³/mol. The van der Waals surface area contributed by atoms with E-state index in [9.17, 15) is 9.90 Å². The van der Waals surface area contributed by atoms with E-state index in [2.05, 4.69) is 48.3 Å². The van der Waals surface area contributed by atoms with Crippen LogP contribution in [0.1, 0.15) is 24.1 Å². The van der Waals surface area contributed by atoms with Crippen LogP contribution in [-0.2, 0) is 4.79 Å². The van der Waals surface area contributed by atoms with E-state index in [0.717, 1.165) is 13.1 Å². The SMILES string of the molecule is Cc1ccc(C(C)N2CCNCC2C(=O)O)cc1. The van der Waals surface area contributed by atoms with E-state index in [4.69, 9.17) is 0 Å². The minimum absolute atomic E-state index is 0.133. The van der Waals surface area contributed by atoms with Crippen molar-refractivity contribution < 1.29 is 9.90 Å². The molecule has 1 fully saturated rings. The molecule has 1 aliphatic rings. The lowest BCUT2D eigenvalue weighted by atomic mass is 10.0. The average Bonchev–Trinajstić information content (AvgIpc) is 2.39. The molecule has 1 heterocycles. The minimum atomic E-state index is -0.749. The third-order valence-electron chi connectivity index (χ3n) is 3.63. The molecule has 2 atom stereocenters. The van der Waals surface area contributed by atoms with E-state index in [-0.39, 0.29) is 6.04 Å². The molecule has 18 heavy (non-hydrogen) atoms. The van der Waals surface area contributed by atoms with Crippen molar-refractivity contribution >= 4 is 5.97 Å². The summed E-state index contributed by atoms with van der Waals surface area (Å²) < 4.78 is 0. The van der Waals surface area contributed by atoms with E-state index in [1.807, 2.05) is 0 Å². The predicted octanol–water partition coefficient (Wildman–Crippen LogP) is 1.41. The van der Waals surface area contributed by atoms with E-state index >= 15 is 0 Å². The van der Waals surface area contributed by atoms with Gasteiger partial charge in [0.05, 0.1) is 0 Å². The zero-order valence-electron chi connectivity index (χ0n) is 10.9. The molecule has 98 valence electrons. The van der Waals surface area contributed by atoms with Gasteiger partial charge >= 0.3 is 5.97 Å². The van der Waals surface area contributed by atoms with Gasteiger partial charge in [-0.25, -0.2) is 0 Å². The summed E-state index contributed by atoms with van der Waals surface area (Å²) in [6, 6.07) is 8.01. The second-order valence-electron chi connectivity index (χ2n) is 4.88. The molecule has 1 saturated heterocycles. The number of hydrogen-bond donors (Lipinski definition) is 2. The number of aliphatic carboxylic acids is 1. The molecule has 2 unspecified atom stereocenters. The summed E-state index contributed by atoms with van der Waals surface area (Å²) in [5.74, 6) is -0.749. The van der Waals surface area contributed by atoms with E-state index < -0.39 is 12.0 Å². The second kappa shape index (κ2) is 5.50. The molecule has 4 heteroatoms. The number of benzene rings is 1. The molecular weight excluding hydrogens is 228 g/mol. The van der Waals surface area contributed by atoms with Gasteiger partial charge in [0.25, 0.3) is 0 Å². The van der Waals surface area contributed by atoms with Gasteiger partial charge in [-0.15, -0.1) is 0 Å². The van der Waals surface area contributed by atoms with Crippen molar-refractivity contribution in [2.24, 2.45) is 0 Å². The molecule has 1 aromatic carbocycles. The van der Waals surface area contributed by atoms with Gasteiger partial charge < -0.3 is 10.4 Å². The topological polar surface area (TPSA) is 52.6 Å². The fraction of sp³-hybridized carbons (Fsp3) is 0.500. The number of carboxylic acid groups (broad SMARTS) is 1. The average molecular weight is 248 g/mol. The lowest BCUT2D eigenvalue weighted by Gasteiger charge is -2.38. The molecule has 1 aromatic rings. The molecule has 0 bridgehead atoms. The highest BCUT2D eigenvalue weighted by Gasteiger charge is 2.31. The van der Waals surface area contributed by atoms with Gasteiger partial charge in [0, 0.05) is 25.7 Å². The maximum absolute atomic E-state index is 11.3. The number of nitrogens with zero attached hydrogens (tertiary/aromatic N) is 1.